The van der Waals surface area contributed by atoms with E-state index in [9.17, 15) is 4.79 Å². The molecule has 1 aliphatic rings. The van der Waals surface area contributed by atoms with Crippen molar-refractivity contribution in [3.63, 3.8) is 0 Å². The molecule has 106 valence electrons. The molecule has 1 fully saturated rings. The summed E-state index contributed by atoms with van der Waals surface area (Å²) >= 11 is 0. The minimum Gasteiger partial charge on any atom is -0.395 e. The summed E-state index contributed by atoms with van der Waals surface area (Å²) in [6.45, 7) is 5.87. The number of aromatic nitrogens is 2. The van der Waals surface area contributed by atoms with Crippen LogP contribution in [0, 0.1) is 5.92 Å². The van der Waals surface area contributed by atoms with E-state index in [-0.39, 0.29) is 5.91 Å². The molecule has 5 nitrogen and oxygen atoms in total. The molecule has 0 saturated carbocycles. The van der Waals surface area contributed by atoms with Crippen LogP contribution < -0.4 is 5.73 Å². The monoisotopic (exact) mass is 264 g/mol. The van der Waals surface area contributed by atoms with Crippen molar-refractivity contribution in [2.24, 2.45) is 13.0 Å². The standard InChI is InChI=1S/C14H24N4O/c1-4-10-7-6-8-18(9-10)14(19)13-12(15)11(5-2)16-17(13)3/h10H,4-9,15H2,1-3H3. The number of amides is 1. The molecule has 0 aromatic carbocycles. The van der Waals surface area contributed by atoms with Crippen LogP contribution in [0.15, 0.2) is 0 Å². The molecular weight excluding hydrogens is 240 g/mol. The van der Waals surface area contributed by atoms with E-state index < -0.39 is 0 Å². The normalized spacial score (nSPS) is 19.7. The predicted molar refractivity (Wildman–Crippen MR) is 75.9 cm³/mol. The van der Waals surface area contributed by atoms with Crippen LogP contribution in [0.25, 0.3) is 0 Å². The lowest BCUT2D eigenvalue weighted by molar-refractivity contribution is 0.0661. The van der Waals surface area contributed by atoms with Crippen LogP contribution in [0.2, 0.25) is 0 Å². The second kappa shape index (κ2) is 5.63. The fourth-order valence-electron chi connectivity index (χ4n) is 2.84. The van der Waals surface area contributed by atoms with Crippen molar-refractivity contribution in [2.75, 3.05) is 18.8 Å². The van der Waals surface area contributed by atoms with Gasteiger partial charge in [-0.05, 0) is 25.2 Å². The first kappa shape index (κ1) is 13.9. The van der Waals surface area contributed by atoms with Gasteiger partial charge >= 0.3 is 0 Å². The average molecular weight is 264 g/mol. The van der Waals surface area contributed by atoms with Crippen molar-refractivity contribution >= 4 is 11.6 Å². The molecule has 0 aliphatic carbocycles. The van der Waals surface area contributed by atoms with Gasteiger partial charge in [0.25, 0.3) is 5.91 Å². The maximum Gasteiger partial charge on any atom is 0.274 e. The van der Waals surface area contributed by atoms with Crippen LogP contribution in [0.5, 0.6) is 0 Å². The van der Waals surface area contributed by atoms with Gasteiger partial charge in [-0.2, -0.15) is 5.10 Å². The van der Waals surface area contributed by atoms with Crippen LogP contribution in [-0.4, -0.2) is 33.7 Å². The Bertz CT molecular complexity index is 466. The largest absolute Gasteiger partial charge is 0.395 e. The first-order valence-electron chi connectivity index (χ1n) is 7.19. The SMILES string of the molecule is CCc1nn(C)c(C(=O)N2CCCC(CC)C2)c1N. The van der Waals surface area contributed by atoms with E-state index in [1.165, 1.54) is 6.42 Å². The smallest absolute Gasteiger partial charge is 0.274 e. The highest BCUT2D eigenvalue weighted by atomic mass is 16.2. The van der Waals surface area contributed by atoms with E-state index in [2.05, 4.69) is 12.0 Å². The summed E-state index contributed by atoms with van der Waals surface area (Å²) in [4.78, 5) is 14.6. The van der Waals surface area contributed by atoms with Crippen molar-refractivity contribution < 1.29 is 4.79 Å². The van der Waals surface area contributed by atoms with Crippen molar-refractivity contribution in [1.82, 2.24) is 14.7 Å². The Morgan fingerprint density at radius 3 is 2.79 bits per heavy atom. The van der Waals surface area contributed by atoms with E-state index in [0.29, 0.717) is 17.3 Å². The Labute approximate surface area is 114 Å². The summed E-state index contributed by atoms with van der Waals surface area (Å²) in [5.74, 6) is 0.656. The third-order valence-electron chi connectivity index (χ3n) is 4.08. The van der Waals surface area contributed by atoms with Crippen molar-refractivity contribution in [3.8, 4) is 0 Å². The van der Waals surface area contributed by atoms with Gasteiger partial charge in [-0.1, -0.05) is 20.3 Å². The minimum absolute atomic E-state index is 0.0327. The van der Waals surface area contributed by atoms with Crippen LogP contribution in [0.3, 0.4) is 0 Å². The maximum absolute atomic E-state index is 12.6. The Balaban J connectivity index is 2.22. The zero-order chi connectivity index (χ0) is 14.0. The second-order valence-corrected chi connectivity index (χ2v) is 5.35. The number of nitrogens with two attached hydrogens (primary N) is 1. The van der Waals surface area contributed by atoms with Crippen molar-refractivity contribution in [3.05, 3.63) is 11.4 Å². The molecule has 1 amide bonds. The van der Waals surface area contributed by atoms with Crippen LogP contribution in [0.4, 0.5) is 5.69 Å². The number of anilines is 1. The number of likely N-dealkylation sites (tertiary alicyclic amines) is 1. The lowest BCUT2D eigenvalue weighted by Gasteiger charge is -2.32. The molecule has 0 bridgehead atoms. The first-order valence-corrected chi connectivity index (χ1v) is 7.19. The molecule has 1 saturated heterocycles. The molecule has 2 heterocycles. The van der Waals surface area contributed by atoms with Crippen LogP contribution in [-0.2, 0) is 13.5 Å². The Morgan fingerprint density at radius 1 is 1.47 bits per heavy atom. The lowest BCUT2D eigenvalue weighted by Crippen LogP contribution is -2.40. The summed E-state index contributed by atoms with van der Waals surface area (Å²) in [7, 11) is 1.80. The number of carbonyl (C=O) groups is 1. The molecular formula is C14H24N4O. The highest BCUT2D eigenvalue weighted by Crippen LogP contribution is 2.24. The predicted octanol–water partition coefficient (Wildman–Crippen LogP) is 1.83. The molecule has 1 aliphatic heterocycles. The molecule has 19 heavy (non-hydrogen) atoms. The highest BCUT2D eigenvalue weighted by Gasteiger charge is 2.28. The van der Waals surface area contributed by atoms with Gasteiger partial charge in [-0.15, -0.1) is 0 Å². The molecule has 5 heteroatoms. The van der Waals surface area contributed by atoms with Gasteiger partial charge in [0.05, 0.1) is 11.4 Å². The topological polar surface area (TPSA) is 64.2 Å². The Morgan fingerprint density at radius 2 is 2.21 bits per heavy atom. The van der Waals surface area contributed by atoms with Crippen LogP contribution >= 0.6 is 0 Å². The molecule has 0 spiro atoms. The van der Waals surface area contributed by atoms with Gasteiger partial charge in [-0.25, -0.2) is 0 Å². The quantitative estimate of drug-likeness (QED) is 0.905. The van der Waals surface area contributed by atoms with Crippen molar-refractivity contribution in [1.29, 1.82) is 0 Å². The lowest BCUT2D eigenvalue weighted by atomic mass is 9.95. The molecule has 1 aromatic rings. The number of nitrogens with zero attached hydrogens (tertiary/aromatic N) is 3. The number of aryl methyl sites for hydroxylation is 2. The van der Waals surface area contributed by atoms with E-state index in [1.807, 2.05) is 11.8 Å². The average Bonchev–Trinajstić information content (AvgIpc) is 2.72. The molecule has 2 N–H and O–H groups in total. The molecule has 1 aromatic heterocycles. The summed E-state index contributed by atoms with van der Waals surface area (Å²) in [5.41, 5.74) is 7.97. The third kappa shape index (κ3) is 2.60. The number of rotatable bonds is 3. The van der Waals surface area contributed by atoms with E-state index >= 15 is 0 Å². The fraction of sp³-hybridized carbons (Fsp3) is 0.714. The van der Waals surface area contributed by atoms with Gasteiger partial charge in [0.1, 0.15) is 5.69 Å². The van der Waals surface area contributed by atoms with Gasteiger partial charge < -0.3 is 10.6 Å². The van der Waals surface area contributed by atoms with E-state index in [0.717, 1.165) is 38.0 Å². The summed E-state index contributed by atoms with van der Waals surface area (Å²) in [5, 5.41) is 4.33. The molecule has 1 unspecified atom stereocenters. The zero-order valence-corrected chi connectivity index (χ0v) is 12.1. The number of hydrogen-bond acceptors (Lipinski definition) is 3. The zero-order valence-electron chi connectivity index (χ0n) is 12.1. The Kier molecular flexibility index (Phi) is 4.12. The van der Waals surface area contributed by atoms with E-state index in [1.54, 1.807) is 11.7 Å². The highest BCUT2D eigenvalue weighted by molar-refractivity contribution is 5.98. The summed E-state index contributed by atoms with van der Waals surface area (Å²) in [6.07, 6.45) is 4.19. The van der Waals surface area contributed by atoms with Crippen molar-refractivity contribution in [2.45, 2.75) is 39.5 Å². The first-order chi connectivity index (χ1) is 9.08. The number of carbonyl (C=O) groups excluding carboxylic acids is 1. The number of hydrogen-bond donors (Lipinski definition) is 1. The van der Waals surface area contributed by atoms with Gasteiger partial charge in [0.2, 0.25) is 0 Å². The number of piperidine rings is 1. The number of nitrogen functional groups attached to an aromatic ring is 1. The molecule has 1 atom stereocenters. The fourth-order valence-corrected chi connectivity index (χ4v) is 2.84. The second-order valence-electron chi connectivity index (χ2n) is 5.35. The molecule has 2 rings (SSSR count). The minimum atomic E-state index is 0.0327. The third-order valence-corrected chi connectivity index (χ3v) is 4.08. The van der Waals surface area contributed by atoms with Gasteiger partial charge in [0, 0.05) is 20.1 Å². The van der Waals surface area contributed by atoms with E-state index in [4.69, 9.17) is 5.73 Å². The van der Waals surface area contributed by atoms with Gasteiger partial charge in [0.15, 0.2) is 0 Å². The maximum atomic E-state index is 12.6. The van der Waals surface area contributed by atoms with Gasteiger partial charge in [-0.3, -0.25) is 9.48 Å². The Hall–Kier alpha value is -1.52. The summed E-state index contributed by atoms with van der Waals surface area (Å²) < 4.78 is 1.63. The summed E-state index contributed by atoms with van der Waals surface area (Å²) in [6, 6.07) is 0. The molecule has 0 radical (unpaired) electrons. The van der Waals surface area contributed by atoms with Crippen LogP contribution in [0.1, 0.15) is 49.3 Å².